The Morgan fingerprint density at radius 2 is 1.49 bits per heavy atom. The van der Waals surface area contributed by atoms with Gasteiger partial charge in [-0.15, -0.1) is 4.40 Å². The number of carbonyl (C=O) groups excluding carboxylic acids is 1. The van der Waals surface area contributed by atoms with Crippen LogP contribution < -0.4 is 9.64 Å². The smallest absolute Gasteiger partial charge is 0.346 e. The topological polar surface area (TPSA) is 76.0 Å². The van der Waals surface area contributed by atoms with Gasteiger partial charge in [0.15, 0.2) is 5.84 Å². The third-order valence-corrected chi connectivity index (χ3v) is 7.85. The standard InChI is InChI=1S/C31H21FN2O4S/c32-26-16-6-4-14-24(26)31(35)38-28-18-7-2-11-22(28)20-34(27-17-9-12-21-10-1-3-13-23(21)27)30-25-15-5-8-19-29(25)39(36,37)33-30/h1-19H,20H2. The zero-order valence-corrected chi connectivity index (χ0v) is 21.3. The van der Waals surface area contributed by atoms with E-state index in [2.05, 4.69) is 4.40 Å². The van der Waals surface area contributed by atoms with Gasteiger partial charge in [-0.05, 0) is 41.8 Å². The summed E-state index contributed by atoms with van der Waals surface area (Å²) in [5.41, 5.74) is 1.61. The first kappa shape index (κ1) is 24.5. The third-order valence-electron chi connectivity index (χ3n) is 6.52. The summed E-state index contributed by atoms with van der Waals surface area (Å²) >= 11 is 0. The van der Waals surface area contributed by atoms with E-state index >= 15 is 0 Å². The lowest BCUT2D eigenvalue weighted by atomic mass is 10.1. The van der Waals surface area contributed by atoms with Crippen molar-refractivity contribution in [3.8, 4) is 5.75 Å². The van der Waals surface area contributed by atoms with Crippen LogP contribution in [0.2, 0.25) is 0 Å². The van der Waals surface area contributed by atoms with Gasteiger partial charge in [-0.25, -0.2) is 9.18 Å². The summed E-state index contributed by atoms with van der Waals surface area (Å²) in [6.07, 6.45) is 0. The number of para-hydroxylation sites is 1. The number of amidine groups is 1. The molecule has 8 heteroatoms. The van der Waals surface area contributed by atoms with Crippen molar-refractivity contribution >= 4 is 38.3 Å². The molecule has 1 aliphatic rings. The lowest BCUT2D eigenvalue weighted by Gasteiger charge is -2.27. The Hall–Kier alpha value is -4.82. The van der Waals surface area contributed by atoms with Gasteiger partial charge >= 0.3 is 5.97 Å². The Bertz CT molecular complexity index is 1880. The molecule has 6 nitrogen and oxygen atoms in total. The number of anilines is 1. The average molecular weight is 537 g/mol. The summed E-state index contributed by atoms with van der Waals surface area (Å²) in [4.78, 5) is 14.8. The molecule has 0 saturated heterocycles. The molecule has 1 aliphatic heterocycles. The third kappa shape index (κ3) is 4.55. The number of esters is 1. The number of rotatable bonds is 5. The van der Waals surface area contributed by atoms with Crippen LogP contribution in [0.1, 0.15) is 21.5 Å². The molecule has 0 aromatic heterocycles. The molecule has 39 heavy (non-hydrogen) atoms. The minimum atomic E-state index is -3.90. The van der Waals surface area contributed by atoms with Crippen molar-refractivity contribution in [2.75, 3.05) is 4.90 Å². The van der Waals surface area contributed by atoms with Crippen molar-refractivity contribution in [2.45, 2.75) is 11.4 Å². The highest BCUT2D eigenvalue weighted by Gasteiger charge is 2.33. The van der Waals surface area contributed by atoms with Crippen LogP contribution in [0.3, 0.4) is 0 Å². The van der Waals surface area contributed by atoms with Crippen LogP contribution in [0.15, 0.2) is 125 Å². The normalized spacial score (nSPS) is 13.5. The quantitative estimate of drug-likeness (QED) is 0.193. The second-order valence-corrected chi connectivity index (χ2v) is 10.5. The minimum absolute atomic E-state index is 0.122. The Balaban J connectivity index is 1.47. The number of benzene rings is 5. The van der Waals surface area contributed by atoms with Gasteiger partial charge in [0.05, 0.1) is 17.8 Å². The van der Waals surface area contributed by atoms with E-state index in [0.717, 1.165) is 16.5 Å². The Morgan fingerprint density at radius 3 is 2.36 bits per heavy atom. The fraction of sp³-hybridized carbons (Fsp3) is 0.0323. The molecule has 0 fully saturated rings. The summed E-state index contributed by atoms with van der Waals surface area (Å²) in [7, 11) is -3.90. The van der Waals surface area contributed by atoms with Crippen LogP contribution in [0.5, 0.6) is 5.75 Å². The highest BCUT2D eigenvalue weighted by Crippen LogP contribution is 2.35. The Morgan fingerprint density at radius 1 is 0.795 bits per heavy atom. The van der Waals surface area contributed by atoms with Crippen LogP contribution in [0.25, 0.3) is 10.8 Å². The predicted octanol–water partition coefficient (Wildman–Crippen LogP) is 6.35. The van der Waals surface area contributed by atoms with Gasteiger partial charge in [0.25, 0.3) is 10.0 Å². The highest BCUT2D eigenvalue weighted by molar-refractivity contribution is 7.90. The fourth-order valence-corrected chi connectivity index (χ4v) is 5.90. The predicted molar refractivity (Wildman–Crippen MR) is 148 cm³/mol. The zero-order valence-electron chi connectivity index (χ0n) is 20.5. The molecule has 0 atom stereocenters. The van der Waals surface area contributed by atoms with Gasteiger partial charge in [0.1, 0.15) is 16.5 Å². The number of sulfonamides is 1. The number of halogens is 1. The molecule has 192 valence electrons. The van der Waals surface area contributed by atoms with E-state index < -0.39 is 21.8 Å². The summed E-state index contributed by atoms with van der Waals surface area (Å²) in [5, 5.41) is 1.86. The first-order valence-electron chi connectivity index (χ1n) is 12.2. The van der Waals surface area contributed by atoms with Gasteiger partial charge in [0.2, 0.25) is 0 Å². The van der Waals surface area contributed by atoms with Crippen molar-refractivity contribution in [1.29, 1.82) is 0 Å². The molecular formula is C31H21FN2O4S. The molecule has 0 spiro atoms. The largest absolute Gasteiger partial charge is 0.422 e. The second kappa shape index (κ2) is 9.81. The fourth-order valence-electron chi connectivity index (χ4n) is 4.69. The number of fused-ring (bicyclic) bond motifs is 2. The number of hydrogen-bond donors (Lipinski definition) is 0. The molecule has 0 unspecified atom stereocenters. The van der Waals surface area contributed by atoms with E-state index in [1.807, 2.05) is 47.4 Å². The van der Waals surface area contributed by atoms with Crippen molar-refractivity contribution in [2.24, 2.45) is 4.40 Å². The van der Waals surface area contributed by atoms with E-state index in [0.29, 0.717) is 11.1 Å². The van der Waals surface area contributed by atoms with Crippen molar-refractivity contribution in [3.05, 3.63) is 138 Å². The van der Waals surface area contributed by atoms with Gasteiger partial charge in [0, 0.05) is 16.5 Å². The highest BCUT2D eigenvalue weighted by atomic mass is 32.2. The van der Waals surface area contributed by atoms with Gasteiger partial charge < -0.3 is 9.64 Å². The van der Waals surface area contributed by atoms with E-state index in [9.17, 15) is 17.6 Å². The van der Waals surface area contributed by atoms with Crippen molar-refractivity contribution < 1.29 is 22.3 Å². The maximum Gasteiger partial charge on any atom is 0.346 e. The van der Waals surface area contributed by atoms with Gasteiger partial charge in [-0.2, -0.15) is 8.42 Å². The first-order valence-corrected chi connectivity index (χ1v) is 13.6. The lowest BCUT2D eigenvalue weighted by molar-refractivity contribution is 0.0728. The van der Waals surface area contributed by atoms with Crippen molar-refractivity contribution in [1.82, 2.24) is 0 Å². The van der Waals surface area contributed by atoms with E-state index in [1.54, 1.807) is 48.5 Å². The first-order chi connectivity index (χ1) is 18.9. The monoisotopic (exact) mass is 536 g/mol. The molecule has 1 heterocycles. The zero-order chi connectivity index (χ0) is 27.0. The maximum absolute atomic E-state index is 14.3. The van der Waals surface area contributed by atoms with Crippen LogP contribution in [0.4, 0.5) is 10.1 Å². The van der Waals surface area contributed by atoms with Crippen LogP contribution in [-0.4, -0.2) is 20.2 Å². The van der Waals surface area contributed by atoms with Crippen LogP contribution in [0, 0.1) is 5.82 Å². The molecule has 0 aliphatic carbocycles. The number of ether oxygens (including phenoxy) is 1. The maximum atomic E-state index is 14.3. The number of nitrogens with zero attached hydrogens (tertiary/aromatic N) is 2. The van der Waals surface area contributed by atoms with Gasteiger partial charge in [-0.1, -0.05) is 78.9 Å². The lowest BCUT2D eigenvalue weighted by Crippen LogP contribution is -2.31. The van der Waals surface area contributed by atoms with Crippen LogP contribution >= 0.6 is 0 Å². The SMILES string of the molecule is O=C(Oc1ccccc1CN(C1=NS(=O)(=O)c2ccccc21)c1cccc2ccccc12)c1ccccc1F. The molecule has 0 bridgehead atoms. The molecule has 5 aromatic rings. The van der Waals surface area contributed by atoms with Crippen molar-refractivity contribution in [3.63, 3.8) is 0 Å². The average Bonchev–Trinajstić information content (AvgIpc) is 3.23. The summed E-state index contributed by atoms with van der Waals surface area (Å²) in [5.74, 6) is -1.02. The number of hydrogen-bond acceptors (Lipinski definition) is 5. The molecule has 0 radical (unpaired) electrons. The summed E-state index contributed by atoms with van der Waals surface area (Å²) in [6, 6.07) is 32.7. The Labute approximate surface area is 224 Å². The minimum Gasteiger partial charge on any atom is -0.422 e. The molecule has 6 rings (SSSR count). The number of carbonyl (C=O) groups is 1. The molecule has 5 aromatic carbocycles. The molecule has 0 N–H and O–H groups in total. The summed E-state index contributed by atoms with van der Waals surface area (Å²) < 4.78 is 50.1. The molecule has 0 saturated carbocycles. The molecule has 0 amide bonds. The molecular weight excluding hydrogens is 515 g/mol. The van der Waals surface area contributed by atoms with E-state index in [-0.39, 0.29) is 28.6 Å². The van der Waals surface area contributed by atoms with Gasteiger partial charge in [-0.3, -0.25) is 0 Å². The van der Waals surface area contributed by atoms with Crippen LogP contribution in [-0.2, 0) is 16.6 Å². The Kier molecular flexibility index (Phi) is 6.17. The second-order valence-electron chi connectivity index (χ2n) is 8.95. The van der Waals surface area contributed by atoms with E-state index in [1.165, 1.54) is 24.3 Å². The summed E-state index contributed by atoms with van der Waals surface area (Å²) in [6.45, 7) is 0.122. The van der Waals surface area contributed by atoms with E-state index in [4.69, 9.17) is 4.74 Å².